The molecule has 0 bridgehead atoms. The molecule has 0 aliphatic carbocycles. The molecular weight excluding hydrogens is 226 g/mol. The van der Waals surface area contributed by atoms with Crippen LogP contribution in [0.3, 0.4) is 0 Å². The smallest absolute Gasteiger partial charge is 0.221 e. The van der Waals surface area contributed by atoms with Crippen LogP contribution in [0.4, 0.5) is 0 Å². The maximum atomic E-state index is 10.8. The van der Waals surface area contributed by atoms with Crippen LogP contribution < -0.4 is 5.73 Å². The van der Waals surface area contributed by atoms with Gasteiger partial charge in [0.1, 0.15) is 0 Å². The van der Waals surface area contributed by atoms with E-state index in [0.29, 0.717) is 0 Å². The van der Waals surface area contributed by atoms with Gasteiger partial charge in [0.25, 0.3) is 0 Å². The van der Waals surface area contributed by atoms with Crippen LogP contribution in [-0.2, 0) is 9.22 Å². The maximum absolute atomic E-state index is 10.8. The van der Waals surface area contributed by atoms with Crippen LogP contribution in [0.2, 0.25) is 19.1 Å². The van der Waals surface area contributed by atoms with Crippen molar-refractivity contribution < 1.29 is 9.22 Å². The molecule has 0 fully saturated rings. The Balaban J connectivity index is 3.44. The van der Waals surface area contributed by atoms with Gasteiger partial charge in [0.15, 0.2) is 8.32 Å². The molecule has 0 radical (unpaired) electrons. The number of hydrogen-bond donors (Lipinski definition) is 1. The molecule has 15 heavy (non-hydrogen) atoms. The maximum Gasteiger partial charge on any atom is 0.221 e. The summed E-state index contributed by atoms with van der Waals surface area (Å²) in [4.78, 5) is 10.8. The van der Waals surface area contributed by atoms with Crippen molar-refractivity contribution >= 4 is 26.0 Å². The van der Waals surface area contributed by atoms with Gasteiger partial charge >= 0.3 is 0 Å². The Morgan fingerprint density at radius 3 is 2.60 bits per heavy atom. The highest BCUT2D eigenvalue weighted by molar-refractivity contribution is 7.99. The Hall–Kier alpha value is -0.00312. The molecule has 0 aromatic carbocycles. The first-order valence-corrected chi connectivity index (χ1v) is 9.58. The van der Waals surface area contributed by atoms with Gasteiger partial charge in [0, 0.05) is 18.8 Å². The summed E-state index contributed by atoms with van der Waals surface area (Å²) in [5.74, 6) is 1.72. The molecule has 0 aliphatic heterocycles. The van der Waals surface area contributed by atoms with E-state index in [1.807, 2.05) is 6.92 Å². The lowest BCUT2D eigenvalue weighted by Gasteiger charge is -2.19. The number of rotatable bonds is 8. The number of hydrogen-bond acceptors (Lipinski definition) is 3. The summed E-state index contributed by atoms with van der Waals surface area (Å²) in [6.45, 7) is 6.33. The highest BCUT2D eigenvalue weighted by atomic mass is 32.2. The predicted octanol–water partition coefficient (Wildman–Crippen LogP) is 2.08. The van der Waals surface area contributed by atoms with E-state index >= 15 is 0 Å². The fourth-order valence-electron chi connectivity index (χ4n) is 1.04. The lowest BCUT2D eigenvalue weighted by atomic mass is 10.2. The standard InChI is InChI=1S/C10H23NO2SSi/c1-9(10(11)12)8-14-6-5-7-15(3,4)13-2/h9H,5-8H2,1-4H3,(H2,11,12). The SMILES string of the molecule is CO[Si](C)(C)CCCSCC(C)C(N)=O. The molecular formula is C10H23NO2SSi. The third-order valence-electron chi connectivity index (χ3n) is 2.47. The summed E-state index contributed by atoms with van der Waals surface area (Å²) in [5.41, 5.74) is 5.18. The minimum atomic E-state index is -1.38. The number of carbonyl (C=O) groups is 1. The zero-order valence-corrected chi connectivity index (χ0v) is 12.0. The van der Waals surface area contributed by atoms with Crippen LogP contribution >= 0.6 is 11.8 Å². The summed E-state index contributed by atoms with van der Waals surface area (Å²) < 4.78 is 5.46. The molecule has 1 unspecified atom stereocenters. The fourth-order valence-corrected chi connectivity index (χ4v) is 3.57. The van der Waals surface area contributed by atoms with Crippen LogP contribution in [0.1, 0.15) is 13.3 Å². The lowest BCUT2D eigenvalue weighted by molar-refractivity contribution is -0.120. The van der Waals surface area contributed by atoms with Crippen molar-refractivity contribution in [3.05, 3.63) is 0 Å². The van der Waals surface area contributed by atoms with Crippen LogP contribution in [0, 0.1) is 5.92 Å². The van der Waals surface area contributed by atoms with E-state index in [1.54, 1.807) is 18.9 Å². The minimum absolute atomic E-state index is 0.0114. The second kappa shape index (κ2) is 7.30. The van der Waals surface area contributed by atoms with Gasteiger partial charge in [-0.05, 0) is 31.3 Å². The largest absolute Gasteiger partial charge is 0.420 e. The number of nitrogens with two attached hydrogens (primary N) is 1. The normalized spacial score (nSPS) is 13.9. The van der Waals surface area contributed by atoms with Gasteiger partial charge in [-0.3, -0.25) is 4.79 Å². The van der Waals surface area contributed by atoms with Crippen LogP contribution in [0.5, 0.6) is 0 Å². The van der Waals surface area contributed by atoms with Crippen molar-refractivity contribution in [3.8, 4) is 0 Å². The summed E-state index contributed by atoms with van der Waals surface area (Å²) in [7, 11) is 0.419. The first kappa shape index (κ1) is 15.0. The first-order valence-electron chi connectivity index (χ1n) is 5.31. The molecule has 90 valence electrons. The third-order valence-corrected chi connectivity index (χ3v) is 6.45. The van der Waals surface area contributed by atoms with E-state index in [1.165, 1.54) is 12.5 Å². The first-order chi connectivity index (χ1) is 6.89. The van der Waals surface area contributed by atoms with Crippen LogP contribution in [-0.4, -0.2) is 32.8 Å². The van der Waals surface area contributed by atoms with Gasteiger partial charge in [-0.2, -0.15) is 11.8 Å². The molecule has 2 N–H and O–H groups in total. The second-order valence-corrected chi connectivity index (χ2v) is 10.0. The van der Waals surface area contributed by atoms with E-state index in [-0.39, 0.29) is 11.8 Å². The van der Waals surface area contributed by atoms with E-state index in [9.17, 15) is 4.79 Å². The highest BCUT2D eigenvalue weighted by Gasteiger charge is 2.19. The molecule has 0 saturated carbocycles. The monoisotopic (exact) mass is 249 g/mol. The highest BCUT2D eigenvalue weighted by Crippen LogP contribution is 2.16. The molecule has 0 heterocycles. The summed E-state index contributed by atoms with van der Waals surface area (Å²) in [5, 5.41) is 0. The van der Waals surface area contributed by atoms with E-state index in [2.05, 4.69) is 13.1 Å². The lowest BCUT2D eigenvalue weighted by Crippen LogP contribution is -2.28. The quantitative estimate of drug-likeness (QED) is 0.529. The fraction of sp³-hybridized carbons (Fsp3) is 0.900. The zero-order valence-electron chi connectivity index (χ0n) is 10.2. The predicted molar refractivity (Wildman–Crippen MR) is 69.6 cm³/mol. The van der Waals surface area contributed by atoms with Gasteiger partial charge < -0.3 is 10.2 Å². The van der Waals surface area contributed by atoms with Crippen molar-refractivity contribution in [3.63, 3.8) is 0 Å². The topological polar surface area (TPSA) is 52.3 Å². The van der Waals surface area contributed by atoms with E-state index in [4.69, 9.17) is 10.2 Å². The molecule has 0 aromatic heterocycles. The summed E-state index contributed by atoms with van der Waals surface area (Å²) in [6, 6.07) is 1.18. The van der Waals surface area contributed by atoms with Gasteiger partial charge in [0.05, 0.1) is 0 Å². The summed E-state index contributed by atoms with van der Waals surface area (Å²) >= 11 is 1.81. The number of carbonyl (C=O) groups excluding carboxylic acids is 1. The third kappa shape index (κ3) is 7.87. The van der Waals surface area contributed by atoms with Crippen molar-refractivity contribution in [2.45, 2.75) is 32.5 Å². The molecule has 0 aromatic rings. The number of primary amides is 1. The van der Waals surface area contributed by atoms with Gasteiger partial charge in [-0.15, -0.1) is 0 Å². The summed E-state index contributed by atoms with van der Waals surface area (Å²) in [6.07, 6.45) is 1.17. The molecule has 1 amide bonds. The Bertz CT molecular complexity index is 200. The Morgan fingerprint density at radius 1 is 1.53 bits per heavy atom. The van der Waals surface area contributed by atoms with Crippen molar-refractivity contribution in [2.75, 3.05) is 18.6 Å². The van der Waals surface area contributed by atoms with E-state index < -0.39 is 8.32 Å². The van der Waals surface area contributed by atoms with Gasteiger partial charge in [-0.1, -0.05) is 6.92 Å². The minimum Gasteiger partial charge on any atom is -0.420 e. The average molecular weight is 249 g/mol. The molecule has 5 heteroatoms. The Morgan fingerprint density at radius 2 is 2.13 bits per heavy atom. The van der Waals surface area contributed by atoms with Crippen molar-refractivity contribution in [1.82, 2.24) is 0 Å². The molecule has 3 nitrogen and oxygen atoms in total. The van der Waals surface area contributed by atoms with Gasteiger partial charge in [-0.25, -0.2) is 0 Å². The van der Waals surface area contributed by atoms with Crippen molar-refractivity contribution in [2.24, 2.45) is 11.7 Å². The van der Waals surface area contributed by atoms with E-state index in [0.717, 1.165) is 11.5 Å². The average Bonchev–Trinajstić information content (AvgIpc) is 2.16. The molecule has 0 rings (SSSR count). The van der Waals surface area contributed by atoms with Crippen LogP contribution in [0.25, 0.3) is 0 Å². The number of amides is 1. The Kier molecular flexibility index (Phi) is 7.30. The van der Waals surface area contributed by atoms with Crippen molar-refractivity contribution in [1.29, 1.82) is 0 Å². The molecule has 0 aliphatic rings. The van der Waals surface area contributed by atoms with Gasteiger partial charge in [0.2, 0.25) is 5.91 Å². The molecule has 0 saturated heterocycles. The number of thioether (sulfide) groups is 1. The molecule has 1 atom stereocenters. The molecule has 0 spiro atoms. The second-order valence-electron chi connectivity index (χ2n) is 4.45. The Labute approximate surface area is 98.3 Å². The zero-order chi connectivity index (χ0) is 11.9. The van der Waals surface area contributed by atoms with Crippen LogP contribution in [0.15, 0.2) is 0 Å².